The Kier molecular flexibility index (Phi) is 6.62. The molecule has 0 spiro atoms. The van der Waals surface area contributed by atoms with E-state index in [1.165, 1.54) is 24.3 Å². The molecule has 0 bridgehead atoms. The van der Waals surface area contributed by atoms with Gasteiger partial charge in [-0.2, -0.15) is 0 Å². The third kappa shape index (κ3) is 4.97. The van der Waals surface area contributed by atoms with Crippen LogP contribution in [0.15, 0.2) is 24.3 Å². The lowest BCUT2D eigenvalue weighted by Gasteiger charge is -2.27. The Morgan fingerprint density at radius 3 is 2.71 bits per heavy atom. The lowest BCUT2D eigenvalue weighted by molar-refractivity contribution is -0.384. The maximum Gasteiger partial charge on any atom is 0.269 e. The topological polar surface area (TPSA) is 84.7 Å². The molecule has 1 aromatic carbocycles. The maximum absolute atomic E-state index is 12.3. The van der Waals surface area contributed by atoms with Gasteiger partial charge in [0.1, 0.15) is 0 Å². The molecule has 24 heavy (non-hydrogen) atoms. The largest absolute Gasteiger partial charge is 0.376 e. The van der Waals surface area contributed by atoms with Crippen molar-refractivity contribution in [3.8, 4) is 0 Å². The summed E-state index contributed by atoms with van der Waals surface area (Å²) in [5.74, 6) is -0.372. The summed E-state index contributed by atoms with van der Waals surface area (Å²) in [4.78, 5) is 24.3. The quantitative estimate of drug-likeness (QED) is 0.481. The van der Waals surface area contributed by atoms with Gasteiger partial charge in [0.25, 0.3) is 11.6 Å². The van der Waals surface area contributed by atoms with Crippen LogP contribution in [0, 0.1) is 10.1 Å². The number of amides is 1. The number of nitro benzene ring substituents is 1. The van der Waals surface area contributed by atoms with Gasteiger partial charge in [0, 0.05) is 37.4 Å². The number of carbonyl (C=O) groups is 1. The Bertz CT molecular complexity index is 600. The Morgan fingerprint density at radius 2 is 2.17 bits per heavy atom. The molecule has 0 aromatic heterocycles. The summed E-state index contributed by atoms with van der Waals surface area (Å²) in [6, 6.07) is 5.43. The van der Waals surface area contributed by atoms with Gasteiger partial charge in [0.2, 0.25) is 0 Å². The van der Waals surface area contributed by atoms with Crippen LogP contribution in [0.2, 0.25) is 0 Å². The summed E-state index contributed by atoms with van der Waals surface area (Å²) in [7, 11) is 0. The van der Waals surface area contributed by atoms with Crippen molar-refractivity contribution in [2.24, 2.45) is 0 Å². The lowest BCUT2D eigenvalue weighted by atomic mass is 10.2. The number of rotatable bonds is 6. The third-order valence-electron chi connectivity index (χ3n) is 3.79. The summed E-state index contributed by atoms with van der Waals surface area (Å²) >= 11 is 5.35. The fraction of sp³-hybridized carbons (Fsp3) is 0.500. The van der Waals surface area contributed by atoms with Crippen LogP contribution in [0.1, 0.15) is 36.5 Å². The molecule has 0 saturated carbocycles. The number of hydrogen-bond acceptors (Lipinski definition) is 5. The molecule has 1 unspecified atom stereocenters. The van der Waals surface area contributed by atoms with E-state index in [4.69, 9.17) is 17.0 Å². The summed E-state index contributed by atoms with van der Waals surface area (Å²) in [6.45, 7) is 4.21. The fourth-order valence-electron chi connectivity index (χ4n) is 2.56. The third-order valence-corrected chi connectivity index (χ3v) is 4.15. The second kappa shape index (κ2) is 8.70. The van der Waals surface area contributed by atoms with Crippen molar-refractivity contribution < 1.29 is 14.5 Å². The van der Waals surface area contributed by atoms with Crippen LogP contribution in [0.5, 0.6) is 0 Å². The zero-order chi connectivity index (χ0) is 17.5. The molecule has 8 heteroatoms. The molecular weight excluding hydrogens is 330 g/mol. The van der Waals surface area contributed by atoms with Crippen molar-refractivity contribution in [1.82, 2.24) is 10.2 Å². The number of thiocarbonyl (C=S) groups is 1. The van der Waals surface area contributed by atoms with Gasteiger partial charge in [0.05, 0.1) is 11.0 Å². The molecule has 1 N–H and O–H groups in total. The summed E-state index contributed by atoms with van der Waals surface area (Å²) in [5, 5.41) is 13.7. The highest BCUT2D eigenvalue weighted by Gasteiger charge is 2.21. The Hall–Kier alpha value is -2.06. The molecule has 1 aliphatic rings. The van der Waals surface area contributed by atoms with Gasteiger partial charge < -0.3 is 9.64 Å². The molecule has 1 amide bonds. The molecule has 130 valence electrons. The minimum atomic E-state index is -0.503. The number of carbonyl (C=O) groups excluding carboxylic acids is 1. The van der Waals surface area contributed by atoms with Crippen LogP contribution in [0.4, 0.5) is 5.69 Å². The van der Waals surface area contributed by atoms with Crippen LogP contribution < -0.4 is 5.32 Å². The van der Waals surface area contributed by atoms with Crippen molar-refractivity contribution in [3.63, 3.8) is 0 Å². The Morgan fingerprint density at radius 1 is 1.46 bits per heavy atom. The van der Waals surface area contributed by atoms with Crippen molar-refractivity contribution in [2.75, 3.05) is 19.7 Å². The van der Waals surface area contributed by atoms with Gasteiger partial charge in [-0.15, -0.1) is 0 Å². The monoisotopic (exact) mass is 351 g/mol. The van der Waals surface area contributed by atoms with E-state index >= 15 is 0 Å². The molecule has 1 heterocycles. The minimum absolute atomic E-state index is 0.0554. The van der Waals surface area contributed by atoms with Gasteiger partial charge in [-0.05, 0) is 43.6 Å². The van der Waals surface area contributed by atoms with E-state index in [2.05, 4.69) is 5.32 Å². The van der Waals surface area contributed by atoms with E-state index in [1.54, 1.807) is 0 Å². The van der Waals surface area contributed by atoms with Gasteiger partial charge in [-0.3, -0.25) is 20.2 Å². The van der Waals surface area contributed by atoms with Crippen molar-refractivity contribution in [3.05, 3.63) is 39.9 Å². The highest BCUT2D eigenvalue weighted by atomic mass is 32.1. The second-order valence-corrected chi connectivity index (χ2v) is 6.03. The summed E-state index contributed by atoms with van der Waals surface area (Å²) in [6.07, 6.45) is 3.09. The molecule has 0 aliphatic carbocycles. The molecular formula is C16H21N3O4S. The molecule has 1 atom stereocenters. The smallest absolute Gasteiger partial charge is 0.269 e. The van der Waals surface area contributed by atoms with Crippen LogP contribution in [0.25, 0.3) is 0 Å². The SMILES string of the molecule is CCCN(CC1CCCO1)C(=S)NC(=O)c1ccc([N+](=O)[O-])cc1. The molecule has 0 radical (unpaired) electrons. The summed E-state index contributed by atoms with van der Waals surface area (Å²) < 4.78 is 5.63. The van der Waals surface area contributed by atoms with Gasteiger partial charge in [-0.1, -0.05) is 6.92 Å². The van der Waals surface area contributed by atoms with Gasteiger partial charge in [0.15, 0.2) is 5.11 Å². The number of nitro groups is 1. The molecule has 1 saturated heterocycles. The first-order valence-electron chi connectivity index (χ1n) is 7.97. The Labute approximate surface area is 146 Å². The van der Waals surface area contributed by atoms with Crippen LogP contribution in [-0.2, 0) is 4.74 Å². The van der Waals surface area contributed by atoms with Crippen molar-refractivity contribution >= 4 is 28.9 Å². The van der Waals surface area contributed by atoms with E-state index in [0.717, 1.165) is 32.4 Å². The fourth-order valence-corrected chi connectivity index (χ4v) is 2.82. The van der Waals surface area contributed by atoms with E-state index in [-0.39, 0.29) is 17.7 Å². The average molecular weight is 351 g/mol. The summed E-state index contributed by atoms with van der Waals surface area (Å²) in [5.41, 5.74) is 0.275. The maximum atomic E-state index is 12.3. The standard InChI is InChI=1S/C16H21N3O4S/c1-2-9-18(11-14-4-3-10-23-14)16(24)17-15(20)12-5-7-13(8-6-12)19(21)22/h5-8,14H,2-4,9-11H2,1H3,(H,17,20,24). The normalized spacial score (nSPS) is 16.6. The molecule has 2 rings (SSSR count). The minimum Gasteiger partial charge on any atom is -0.376 e. The molecule has 1 aliphatic heterocycles. The number of non-ortho nitro benzene ring substituents is 1. The number of ether oxygens (including phenoxy) is 1. The van der Waals surface area contributed by atoms with E-state index < -0.39 is 4.92 Å². The van der Waals surface area contributed by atoms with Gasteiger partial charge in [-0.25, -0.2) is 0 Å². The highest BCUT2D eigenvalue weighted by Crippen LogP contribution is 2.14. The first-order valence-corrected chi connectivity index (χ1v) is 8.38. The van der Waals surface area contributed by atoms with Crippen LogP contribution in [-0.4, -0.2) is 46.6 Å². The van der Waals surface area contributed by atoms with Gasteiger partial charge >= 0.3 is 0 Å². The second-order valence-electron chi connectivity index (χ2n) is 5.64. The number of nitrogens with zero attached hydrogens (tertiary/aromatic N) is 2. The lowest BCUT2D eigenvalue weighted by Crippen LogP contribution is -2.46. The molecule has 1 fully saturated rings. The predicted octanol–water partition coefficient (Wildman–Crippen LogP) is 2.50. The van der Waals surface area contributed by atoms with Crippen LogP contribution in [0.3, 0.4) is 0 Å². The predicted molar refractivity (Wildman–Crippen MR) is 94.0 cm³/mol. The van der Waals surface area contributed by atoms with E-state index in [1.807, 2.05) is 11.8 Å². The zero-order valence-corrected chi connectivity index (χ0v) is 14.4. The zero-order valence-electron chi connectivity index (χ0n) is 13.6. The average Bonchev–Trinajstić information content (AvgIpc) is 3.07. The number of hydrogen-bond donors (Lipinski definition) is 1. The number of nitrogens with one attached hydrogen (secondary N) is 1. The first-order chi connectivity index (χ1) is 11.5. The van der Waals surface area contributed by atoms with Crippen molar-refractivity contribution in [1.29, 1.82) is 0 Å². The number of benzene rings is 1. The van der Waals surface area contributed by atoms with Crippen molar-refractivity contribution in [2.45, 2.75) is 32.3 Å². The highest BCUT2D eigenvalue weighted by molar-refractivity contribution is 7.80. The van der Waals surface area contributed by atoms with E-state index in [0.29, 0.717) is 17.2 Å². The molecule has 1 aromatic rings. The molecule has 7 nitrogen and oxygen atoms in total. The van der Waals surface area contributed by atoms with Crippen LogP contribution >= 0.6 is 12.2 Å². The first kappa shape index (κ1) is 18.3. The van der Waals surface area contributed by atoms with E-state index in [9.17, 15) is 14.9 Å². The Balaban J connectivity index is 1.96.